The molecular formula is C16H22ClF3N2O3S. The maximum Gasteiger partial charge on any atom is 0.389 e. The Morgan fingerprint density at radius 1 is 1.19 bits per heavy atom. The van der Waals surface area contributed by atoms with Crippen LogP contribution in [-0.4, -0.2) is 44.6 Å². The molecule has 1 aromatic rings. The third-order valence-electron chi connectivity index (χ3n) is 4.44. The van der Waals surface area contributed by atoms with Gasteiger partial charge in [-0.15, -0.1) is 12.4 Å². The first-order chi connectivity index (χ1) is 11.5. The molecule has 26 heavy (non-hydrogen) atoms. The topological polar surface area (TPSA) is 75.3 Å². The minimum atomic E-state index is -4.22. The molecule has 2 N–H and O–H groups in total. The summed E-state index contributed by atoms with van der Waals surface area (Å²) >= 11 is 0. The maximum absolute atomic E-state index is 12.6. The molecule has 0 aromatic heterocycles. The molecule has 10 heteroatoms. The van der Waals surface area contributed by atoms with Gasteiger partial charge in [0.2, 0.25) is 5.91 Å². The summed E-state index contributed by atoms with van der Waals surface area (Å²) in [4.78, 5) is 12.6. The Labute approximate surface area is 157 Å². The SMILES string of the molecule is CS(=O)(=O)C1(C(=O)Nc2ccc(CCC(F)(F)F)cc2)CCNCC1.Cl. The van der Waals surface area contributed by atoms with Crippen LogP contribution >= 0.6 is 12.4 Å². The van der Waals surface area contributed by atoms with Gasteiger partial charge in [0.25, 0.3) is 0 Å². The van der Waals surface area contributed by atoms with E-state index < -0.39 is 33.1 Å². The smallest absolute Gasteiger partial charge is 0.325 e. The first-order valence-corrected chi connectivity index (χ1v) is 9.80. The zero-order chi connectivity index (χ0) is 18.7. The normalized spacial score (nSPS) is 17.2. The van der Waals surface area contributed by atoms with Gasteiger partial charge in [-0.05, 0) is 50.0 Å². The van der Waals surface area contributed by atoms with E-state index >= 15 is 0 Å². The summed E-state index contributed by atoms with van der Waals surface area (Å²) in [6, 6.07) is 5.97. The van der Waals surface area contributed by atoms with E-state index in [0.717, 1.165) is 6.26 Å². The van der Waals surface area contributed by atoms with E-state index in [4.69, 9.17) is 0 Å². The van der Waals surface area contributed by atoms with Crippen LogP contribution in [0, 0.1) is 0 Å². The van der Waals surface area contributed by atoms with Gasteiger partial charge in [0.05, 0.1) is 0 Å². The molecule has 0 unspecified atom stereocenters. The Balaban J connectivity index is 0.00000338. The summed E-state index contributed by atoms with van der Waals surface area (Å²) in [7, 11) is -3.62. The summed E-state index contributed by atoms with van der Waals surface area (Å²) in [5.41, 5.74) is 0.859. The van der Waals surface area contributed by atoms with Crippen molar-refractivity contribution in [2.45, 2.75) is 36.6 Å². The van der Waals surface area contributed by atoms with Crippen LogP contribution in [0.1, 0.15) is 24.8 Å². The molecule has 0 aliphatic carbocycles. The zero-order valence-electron chi connectivity index (χ0n) is 14.2. The summed E-state index contributed by atoms with van der Waals surface area (Å²) < 4.78 is 59.6. The lowest BCUT2D eigenvalue weighted by Crippen LogP contribution is -2.55. The molecule has 0 spiro atoms. The van der Waals surface area contributed by atoms with Gasteiger partial charge in [-0.3, -0.25) is 4.79 Å². The fraction of sp³-hybridized carbons (Fsp3) is 0.562. The van der Waals surface area contributed by atoms with Crippen molar-refractivity contribution < 1.29 is 26.4 Å². The summed E-state index contributed by atoms with van der Waals surface area (Å²) in [6.45, 7) is 0.855. The van der Waals surface area contributed by atoms with Gasteiger partial charge in [0.15, 0.2) is 14.6 Å². The highest BCUT2D eigenvalue weighted by Gasteiger charge is 2.48. The monoisotopic (exact) mass is 414 g/mol. The first-order valence-electron chi connectivity index (χ1n) is 7.91. The van der Waals surface area contributed by atoms with Crippen molar-refractivity contribution in [3.8, 4) is 0 Å². The highest BCUT2D eigenvalue weighted by atomic mass is 35.5. The van der Waals surface area contributed by atoms with Crippen LogP contribution in [0.2, 0.25) is 0 Å². The van der Waals surface area contributed by atoms with Crippen LogP contribution in [0.4, 0.5) is 18.9 Å². The number of nitrogens with one attached hydrogen (secondary N) is 2. The average Bonchev–Trinajstić information content (AvgIpc) is 2.53. The number of carbonyl (C=O) groups excluding carboxylic acids is 1. The van der Waals surface area contributed by atoms with Gasteiger partial charge in [-0.1, -0.05) is 12.1 Å². The van der Waals surface area contributed by atoms with Crippen LogP contribution in [0.25, 0.3) is 0 Å². The quantitative estimate of drug-likeness (QED) is 0.776. The van der Waals surface area contributed by atoms with E-state index in [0.29, 0.717) is 24.3 Å². The van der Waals surface area contributed by atoms with Gasteiger partial charge in [-0.2, -0.15) is 13.2 Å². The molecule has 0 atom stereocenters. The van der Waals surface area contributed by atoms with Crippen molar-refractivity contribution in [1.29, 1.82) is 0 Å². The first kappa shape index (κ1) is 22.7. The highest BCUT2D eigenvalue weighted by molar-refractivity contribution is 7.92. The van der Waals surface area contributed by atoms with Crippen molar-refractivity contribution >= 4 is 33.8 Å². The predicted molar refractivity (Wildman–Crippen MR) is 96.4 cm³/mol. The van der Waals surface area contributed by atoms with E-state index in [-0.39, 0.29) is 31.7 Å². The van der Waals surface area contributed by atoms with Crippen LogP contribution < -0.4 is 10.6 Å². The summed E-state index contributed by atoms with van der Waals surface area (Å²) in [5.74, 6) is -0.598. The molecule has 1 saturated heterocycles. The Morgan fingerprint density at radius 3 is 2.19 bits per heavy atom. The van der Waals surface area contributed by atoms with E-state index in [2.05, 4.69) is 10.6 Å². The Bertz CT molecular complexity index is 715. The Kier molecular flexibility index (Phi) is 7.50. The standard InChI is InChI=1S/C16H21F3N2O3S.ClH/c1-25(23,24)15(8-10-20-11-9-15)14(22)21-13-4-2-12(3-5-13)6-7-16(17,18)19;/h2-5,20H,6-11H2,1H3,(H,21,22);1H. The number of alkyl halides is 3. The molecule has 148 valence electrons. The van der Waals surface area contributed by atoms with Crippen LogP contribution in [0.3, 0.4) is 0 Å². The number of rotatable bonds is 5. The minimum Gasteiger partial charge on any atom is -0.325 e. The second-order valence-corrected chi connectivity index (χ2v) is 8.61. The molecule has 1 fully saturated rings. The molecular weight excluding hydrogens is 393 g/mol. The lowest BCUT2D eigenvalue weighted by molar-refractivity contribution is -0.134. The second-order valence-electron chi connectivity index (χ2n) is 6.28. The van der Waals surface area contributed by atoms with Crippen molar-refractivity contribution in [3.05, 3.63) is 29.8 Å². The van der Waals surface area contributed by atoms with Gasteiger partial charge in [-0.25, -0.2) is 8.42 Å². The van der Waals surface area contributed by atoms with Gasteiger partial charge in [0, 0.05) is 18.4 Å². The number of carbonyl (C=O) groups is 1. The fourth-order valence-electron chi connectivity index (χ4n) is 2.88. The van der Waals surface area contributed by atoms with Crippen molar-refractivity contribution in [2.75, 3.05) is 24.7 Å². The Hall–Kier alpha value is -1.32. The molecule has 1 aliphatic heterocycles. The largest absolute Gasteiger partial charge is 0.389 e. The lowest BCUT2D eigenvalue weighted by Gasteiger charge is -2.34. The summed E-state index contributed by atoms with van der Waals surface area (Å²) in [6.07, 6.45) is -3.86. The number of amides is 1. The predicted octanol–water partition coefficient (Wildman–Crippen LogP) is 2.71. The Morgan fingerprint density at radius 2 is 1.73 bits per heavy atom. The van der Waals surface area contributed by atoms with Crippen molar-refractivity contribution in [1.82, 2.24) is 5.32 Å². The fourth-order valence-corrected chi connectivity index (χ4v) is 4.22. The number of halogens is 4. The third-order valence-corrected chi connectivity index (χ3v) is 6.46. The minimum absolute atomic E-state index is 0. The van der Waals surface area contributed by atoms with Crippen LogP contribution in [0.5, 0.6) is 0 Å². The van der Waals surface area contributed by atoms with Gasteiger partial charge < -0.3 is 10.6 Å². The van der Waals surface area contributed by atoms with Crippen LogP contribution in [0.15, 0.2) is 24.3 Å². The zero-order valence-corrected chi connectivity index (χ0v) is 15.9. The summed E-state index contributed by atoms with van der Waals surface area (Å²) in [5, 5.41) is 5.62. The number of sulfone groups is 1. The molecule has 1 heterocycles. The van der Waals surface area contributed by atoms with E-state index in [1.54, 1.807) is 0 Å². The van der Waals surface area contributed by atoms with Crippen molar-refractivity contribution in [2.24, 2.45) is 0 Å². The molecule has 2 rings (SSSR count). The molecule has 0 radical (unpaired) electrons. The number of benzene rings is 1. The van der Waals surface area contributed by atoms with Crippen LogP contribution in [-0.2, 0) is 21.1 Å². The molecule has 0 saturated carbocycles. The number of hydrogen-bond acceptors (Lipinski definition) is 4. The number of anilines is 1. The third kappa shape index (κ3) is 5.59. The average molecular weight is 415 g/mol. The van der Waals surface area contributed by atoms with E-state index in [1.165, 1.54) is 24.3 Å². The number of hydrogen-bond donors (Lipinski definition) is 2. The maximum atomic E-state index is 12.6. The van der Waals surface area contributed by atoms with Gasteiger partial charge in [0.1, 0.15) is 0 Å². The number of aryl methyl sites for hydroxylation is 1. The molecule has 1 aliphatic rings. The molecule has 0 bridgehead atoms. The number of piperidine rings is 1. The van der Waals surface area contributed by atoms with Gasteiger partial charge >= 0.3 is 6.18 Å². The lowest BCUT2D eigenvalue weighted by atomic mass is 9.95. The van der Waals surface area contributed by atoms with E-state index in [9.17, 15) is 26.4 Å². The van der Waals surface area contributed by atoms with E-state index in [1.807, 2.05) is 0 Å². The molecule has 5 nitrogen and oxygen atoms in total. The second kappa shape index (κ2) is 8.58. The molecule has 1 amide bonds. The molecule has 1 aromatic carbocycles. The highest BCUT2D eigenvalue weighted by Crippen LogP contribution is 2.29. The van der Waals surface area contributed by atoms with Crippen molar-refractivity contribution in [3.63, 3.8) is 0 Å².